The van der Waals surface area contributed by atoms with Gasteiger partial charge in [0.1, 0.15) is 0 Å². The van der Waals surface area contributed by atoms with Gasteiger partial charge in [0.2, 0.25) is 0 Å². The number of nitrogens with zero attached hydrogens (tertiary/aromatic N) is 2. The summed E-state index contributed by atoms with van der Waals surface area (Å²) in [5, 5.41) is 18.6. The highest BCUT2D eigenvalue weighted by atomic mass is 35.5. The molecule has 1 amide bonds. The lowest BCUT2D eigenvalue weighted by Gasteiger charge is -2.04. The number of aliphatic carboxylic acids is 1. The maximum absolute atomic E-state index is 11.9. The van der Waals surface area contributed by atoms with Crippen molar-refractivity contribution < 1.29 is 14.7 Å². The van der Waals surface area contributed by atoms with Gasteiger partial charge in [-0.3, -0.25) is 4.79 Å². The molecule has 0 aliphatic heterocycles. The minimum absolute atomic E-state index is 0.147. The Balaban J connectivity index is 2.04. The van der Waals surface area contributed by atoms with Crippen LogP contribution in [0.15, 0.2) is 42.5 Å². The molecule has 1 heterocycles. The van der Waals surface area contributed by atoms with E-state index < -0.39 is 11.9 Å². The minimum atomic E-state index is -1.02. The van der Waals surface area contributed by atoms with Gasteiger partial charge in [-0.05, 0) is 35.9 Å². The number of nitrogens with one attached hydrogen (secondary N) is 1. The van der Waals surface area contributed by atoms with Crippen LogP contribution >= 0.6 is 11.6 Å². The number of carbonyl (C=O) groups excluding carboxylic acids is 1. The maximum Gasteiger partial charge on any atom is 0.328 e. The van der Waals surface area contributed by atoms with E-state index in [1.165, 1.54) is 18.2 Å². The molecule has 1 aromatic carbocycles. The van der Waals surface area contributed by atoms with Crippen LogP contribution < -0.4 is 5.32 Å². The molecule has 0 radical (unpaired) electrons. The quantitative estimate of drug-likeness (QED) is 0.847. The number of halogens is 1. The Labute approximate surface area is 125 Å². The number of carboxylic acids is 1. The van der Waals surface area contributed by atoms with Gasteiger partial charge in [0, 0.05) is 11.8 Å². The van der Waals surface area contributed by atoms with Crippen molar-refractivity contribution >= 4 is 35.2 Å². The first kappa shape index (κ1) is 14.7. The number of carbonyl (C=O) groups is 2. The fraction of sp³-hybridized carbons (Fsp3) is 0. The Hall–Kier alpha value is -2.73. The van der Waals surface area contributed by atoms with Gasteiger partial charge in [-0.25, -0.2) is 4.79 Å². The lowest BCUT2D eigenvalue weighted by molar-refractivity contribution is -0.131. The lowest BCUT2D eigenvalue weighted by atomic mass is 10.2. The molecule has 21 heavy (non-hydrogen) atoms. The van der Waals surface area contributed by atoms with Crippen LogP contribution in [0.2, 0.25) is 5.15 Å². The van der Waals surface area contributed by atoms with Gasteiger partial charge in [0.15, 0.2) is 10.8 Å². The van der Waals surface area contributed by atoms with Crippen LogP contribution in [0.4, 0.5) is 5.69 Å². The molecule has 7 heteroatoms. The number of benzene rings is 1. The van der Waals surface area contributed by atoms with Gasteiger partial charge >= 0.3 is 5.97 Å². The van der Waals surface area contributed by atoms with E-state index in [0.29, 0.717) is 11.3 Å². The molecule has 0 saturated carbocycles. The summed E-state index contributed by atoms with van der Waals surface area (Å²) >= 11 is 5.59. The second kappa shape index (κ2) is 6.62. The van der Waals surface area contributed by atoms with E-state index in [1.54, 1.807) is 24.3 Å². The normalized spacial score (nSPS) is 10.5. The summed E-state index contributed by atoms with van der Waals surface area (Å²) in [5.74, 6) is -1.43. The molecule has 2 N–H and O–H groups in total. The van der Waals surface area contributed by atoms with Crippen LogP contribution in [0.25, 0.3) is 6.08 Å². The Bertz CT molecular complexity index is 682. The molecule has 0 unspecified atom stereocenters. The highest BCUT2D eigenvalue weighted by Crippen LogP contribution is 2.12. The summed E-state index contributed by atoms with van der Waals surface area (Å²) in [6.07, 6.45) is 2.50. The maximum atomic E-state index is 11.9. The Morgan fingerprint density at radius 1 is 1.10 bits per heavy atom. The third-order valence-electron chi connectivity index (χ3n) is 2.45. The van der Waals surface area contributed by atoms with E-state index in [1.807, 2.05) is 0 Å². The summed E-state index contributed by atoms with van der Waals surface area (Å²) in [5.41, 5.74) is 1.42. The number of anilines is 1. The summed E-state index contributed by atoms with van der Waals surface area (Å²) < 4.78 is 0. The van der Waals surface area contributed by atoms with Crippen LogP contribution in [0.1, 0.15) is 16.1 Å². The average molecular weight is 304 g/mol. The van der Waals surface area contributed by atoms with E-state index in [9.17, 15) is 9.59 Å². The number of hydrogen-bond acceptors (Lipinski definition) is 4. The predicted octanol–water partition coefficient (Wildman–Crippen LogP) is 2.48. The Kier molecular flexibility index (Phi) is 4.63. The lowest BCUT2D eigenvalue weighted by Crippen LogP contribution is -2.14. The van der Waals surface area contributed by atoms with Crippen molar-refractivity contribution in [2.45, 2.75) is 0 Å². The number of hydrogen-bond donors (Lipinski definition) is 2. The minimum Gasteiger partial charge on any atom is -0.478 e. The Morgan fingerprint density at radius 2 is 1.81 bits per heavy atom. The first-order valence-electron chi connectivity index (χ1n) is 5.86. The largest absolute Gasteiger partial charge is 0.478 e. The van der Waals surface area contributed by atoms with Gasteiger partial charge in [-0.2, -0.15) is 0 Å². The molecule has 1 aromatic heterocycles. The highest BCUT2D eigenvalue weighted by molar-refractivity contribution is 6.29. The van der Waals surface area contributed by atoms with Crippen LogP contribution in [0.5, 0.6) is 0 Å². The van der Waals surface area contributed by atoms with E-state index >= 15 is 0 Å². The van der Waals surface area contributed by atoms with Crippen molar-refractivity contribution in [3.05, 3.63) is 58.9 Å². The SMILES string of the molecule is O=C(O)/C=C/c1ccc(NC(=O)c2ccc(Cl)nn2)cc1. The summed E-state index contributed by atoms with van der Waals surface area (Å²) in [6, 6.07) is 9.62. The van der Waals surface area contributed by atoms with Crippen LogP contribution in [-0.4, -0.2) is 27.2 Å². The molecule has 0 aliphatic carbocycles. The highest BCUT2D eigenvalue weighted by Gasteiger charge is 2.08. The first-order chi connectivity index (χ1) is 10.0. The molecule has 2 rings (SSSR count). The van der Waals surface area contributed by atoms with E-state index in [0.717, 1.165) is 6.08 Å². The van der Waals surface area contributed by atoms with Crippen molar-refractivity contribution in [2.75, 3.05) is 5.32 Å². The van der Waals surface area contributed by atoms with E-state index in [-0.39, 0.29) is 10.8 Å². The smallest absolute Gasteiger partial charge is 0.328 e. The summed E-state index contributed by atoms with van der Waals surface area (Å²) in [4.78, 5) is 22.3. The van der Waals surface area contributed by atoms with Crippen molar-refractivity contribution in [1.29, 1.82) is 0 Å². The topological polar surface area (TPSA) is 92.2 Å². The summed E-state index contributed by atoms with van der Waals surface area (Å²) in [6.45, 7) is 0. The second-order valence-corrected chi connectivity index (χ2v) is 4.38. The molecular formula is C14H10ClN3O3. The van der Waals surface area contributed by atoms with Gasteiger partial charge in [-0.1, -0.05) is 23.7 Å². The first-order valence-corrected chi connectivity index (χ1v) is 6.24. The molecular weight excluding hydrogens is 294 g/mol. The van der Waals surface area contributed by atoms with Crippen LogP contribution in [-0.2, 0) is 4.79 Å². The molecule has 0 bridgehead atoms. The van der Waals surface area contributed by atoms with E-state index in [4.69, 9.17) is 16.7 Å². The average Bonchev–Trinajstić information content (AvgIpc) is 2.47. The zero-order valence-corrected chi connectivity index (χ0v) is 11.4. The van der Waals surface area contributed by atoms with Gasteiger partial charge < -0.3 is 10.4 Å². The number of rotatable bonds is 4. The fourth-order valence-corrected chi connectivity index (χ4v) is 1.58. The fourth-order valence-electron chi connectivity index (χ4n) is 1.48. The molecule has 0 fully saturated rings. The van der Waals surface area contributed by atoms with Gasteiger partial charge in [0.05, 0.1) is 0 Å². The van der Waals surface area contributed by atoms with Crippen molar-refractivity contribution in [3.8, 4) is 0 Å². The van der Waals surface area contributed by atoms with Crippen molar-refractivity contribution in [2.24, 2.45) is 0 Å². The molecule has 6 nitrogen and oxygen atoms in total. The second-order valence-electron chi connectivity index (χ2n) is 3.99. The zero-order valence-electron chi connectivity index (χ0n) is 10.7. The zero-order chi connectivity index (χ0) is 15.2. The Morgan fingerprint density at radius 3 is 2.38 bits per heavy atom. The van der Waals surface area contributed by atoms with Crippen molar-refractivity contribution in [3.63, 3.8) is 0 Å². The van der Waals surface area contributed by atoms with Gasteiger partial charge in [0.25, 0.3) is 5.91 Å². The summed E-state index contributed by atoms with van der Waals surface area (Å²) in [7, 11) is 0. The molecule has 0 spiro atoms. The number of amides is 1. The third kappa shape index (κ3) is 4.39. The van der Waals surface area contributed by atoms with Gasteiger partial charge in [-0.15, -0.1) is 10.2 Å². The molecule has 106 valence electrons. The third-order valence-corrected chi connectivity index (χ3v) is 2.65. The molecule has 0 atom stereocenters. The molecule has 2 aromatic rings. The monoisotopic (exact) mass is 303 g/mol. The molecule has 0 aliphatic rings. The van der Waals surface area contributed by atoms with Crippen molar-refractivity contribution in [1.82, 2.24) is 10.2 Å². The van der Waals surface area contributed by atoms with Crippen LogP contribution in [0, 0.1) is 0 Å². The van der Waals surface area contributed by atoms with Crippen LogP contribution in [0.3, 0.4) is 0 Å². The van der Waals surface area contributed by atoms with E-state index in [2.05, 4.69) is 15.5 Å². The predicted molar refractivity (Wildman–Crippen MR) is 78.1 cm³/mol. The molecule has 0 saturated heterocycles. The standard InChI is InChI=1S/C14H10ClN3O3/c15-12-7-6-11(17-18-12)14(21)16-10-4-1-9(2-5-10)3-8-13(19)20/h1-8H,(H,16,21)(H,19,20)/b8-3+. The number of carboxylic acid groups (broad SMARTS) is 1. The number of aromatic nitrogens is 2.